The van der Waals surface area contributed by atoms with E-state index < -0.39 is 6.10 Å². The van der Waals surface area contributed by atoms with Crippen LogP contribution in [0.2, 0.25) is 0 Å². The highest BCUT2D eigenvalue weighted by Gasteiger charge is 2.30. The van der Waals surface area contributed by atoms with Gasteiger partial charge in [0.25, 0.3) is 5.91 Å². The first-order chi connectivity index (χ1) is 15.7. The Morgan fingerprint density at radius 2 is 1.81 bits per heavy atom. The van der Waals surface area contributed by atoms with Crippen LogP contribution in [-0.2, 0) is 4.79 Å². The van der Waals surface area contributed by atoms with Crippen molar-refractivity contribution in [1.82, 2.24) is 15.5 Å². The fourth-order valence-corrected chi connectivity index (χ4v) is 3.99. The van der Waals surface area contributed by atoms with E-state index in [-0.39, 0.29) is 24.4 Å². The number of para-hydroxylation sites is 2. The minimum absolute atomic E-state index is 0.0686. The van der Waals surface area contributed by atoms with Gasteiger partial charge in [0.1, 0.15) is 12.4 Å². The number of aromatic nitrogens is 2. The molecular formula is C24H23FN4O3. The van der Waals surface area contributed by atoms with E-state index in [9.17, 15) is 9.18 Å². The quantitative estimate of drug-likeness (QED) is 0.680. The molecule has 3 aromatic rings. The zero-order chi connectivity index (χ0) is 21.9. The van der Waals surface area contributed by atoms with Crippen LogP contribution in [0.5, 0.6) is 11.5 Å². The SMILES string of the molecule is O=C(NC1CCN(c2ccc(-c3cccc(F)c3)nn2)CC1)[C@H]1COc2ccccc2O1. The zero-order valence-electron chi connectivity index (χ0n) is 17.4. The number of benzene rings is 2. The molecule has 0 aliphatic carbocycles. The molecule has 0 bridgehead atoms. The maximum absolute atomic E-state index is 13.4. The Labute approximate surface area is 185 Å². The summed E-state index contributed by atoms with van der Waals surface area (Å²) >= 11 is 0. The zero-order valence-corrected chi connectivity index (χ0v) is 17.4. The molecule has 1 amide bonds. The molecule has 8 heteroatoms. The molecule has 1 aromatic heterocycles. The van der Waals surface area contributed by atoms with Gasteiger partial charge in [-0.05, 0) is 49.2 Å². The van der Waals surface area contributed by atoms with Gasteiger partial charge in [0.2, 0.25) is 6.10 Å². The van der Waals surface area contributed by atoms with Crippen molar-refractivity contribution in [3.05, 3.63) is 66.5 Å². The summed E-state index contributed by atoms with van der Waals surface area (Å²) in [5, 5.41) is 11.7. The van der Waals surface area contributed by atoms with Crippen LogP contribution in [0.25, 0.3) is 11.3 Å². The van der Waals surface area contributed by atoms with Crippen molar-refractivity contribution >= 4 is 11.7 Å². The maximum atomic E-state index is 13.4. The summed E-state index contributed by atoms with van der Waals surface area (Å²) in [5.74, 6) is 1.57. The molecule has 1 saturated heterocycles. The van der Waals surface area contributed by atoms with E-state index in [0.717, 1.165) is 31.7 Å². The van der Waals surface area contributed by atoms with Gasteiger partial charge >= 0.3 is 0 Å². The number of fused-ring (bicyclic) bond motifs is 1. The van der Waals surface area contributed by atoms with Crippen molar-refractivity contribution in [3.8, 4) is 22.8 Å². The maximum Gasteiger partial charge on any atom is 0.264 e. The van der Waals surface area contributed by atoms with E-state index in [1.807, 2.05) is 30.3 Å². The first-order valence-corrected chi connectivity index (χ1v) is 10.7. The molecule has 0 unspecified atom stereocenters. The average molecular weight is 434 g/mol. The van der Waals surface area contributed by atoms with Crippen molar-refractivity contribution in [3.63, 3.8) is 0 Å². The van der Waals surface area contributed by atoms with Crippen LogP contribution in [0.4, 0.5) is 10.2 Å². The summed E-state index contributed by atoms with van der Waals surface area (Å²) in [4.78, 5) is 14.8. The van der Waals surface area contributed by atoms with Crippen LogP contribution in [-0.4, -0.2) is 47.9 Å². The van der Waals surface area contributed by atoms with Gasteiger partial charge in [0.05, 0.1) is 5.69 Å². The molecule has 164 valence electrons. The van der Waals surface area contributed by atoms with Gasteiger partial charge < -0.3 is 19.7 Å². The van der Waals surface area contributed by atoms with Crippen molar-refractivity contribution in [2.75, 3.05) is 24.6 Å². The topological polar surface area (TPSA) is 76.6 Å². The van der Waals surface area contributed by atoms with E-state index in [0.29, 0.717) is 22.8 Å². The lowest BCUT2D eigenvalue weighted by Crippen LogP contribution is -2.51. The molecular weight excluding hydrogens is 411 g/mol. The fraction of sp³-hybridized carbons (Fsp3) is 0.292. The lowest BCUT2D eigenvalue weighted by molar-refractivity contribution is -0.131. The molecule has 7 nitrogen and oxygen atoms in total. The van der Waals surface area contributed by atoms with E-state index in [2.05, 4.69) is 20.4 Å². The number of ether oxygens (including phenoxy) is 2. The highest BCUT2D eigenvalue weighted by atomic mass is 19.1. The van der Waals surface area contributed by atoms with Gasteiger partial charge in [-0.25, -0.2) is 4.39 Å². The Balaban J connectivity index is 1.14. The van der Waals surface area contributed by atoms with Gasteiger partial charge in [0.15, 0.2) is 17.3 Å². The van der Waals surface area contributed by atoms with Gasteiger partial charge in [0, 0.05) is 24.7 Å². The largest absolute Gasteiger partial charge is 0.485 e. The van der Waals surface area contributed by atoms with E-state index in [1.54, 1.807) is 18.2 Å². The number of nitrogens with one attached hydrogen (secondary N) is 1. The minimum Gasteiger partial charge on any atom is -0.485 e. The molecule has 0 radical (unpaired) electrons. The van der Waals surface area contributed by atoms with E-state index in [4.69, 9.17) is 9.47 Å². The predicted octanol–water partition coefficient (Wildman–Crippen LogP) is 3.21. The first kappa shape index (κ1) is 20.2. The summed E-state index contributed by atoms with van der Waals surface area (Å²) in [6, 6.07) is 17.5. The van der Waals surface area contributed by atoms with E-state index >= 15 is 0 Å². The summed E-state index contributed by atoms with van der Waals surface area (Å²) in [5.41, 5.74) is 1.33. The van der Waals surface area contributed by atoms with Crippen LogP contribution in [0.3, 0.4) is 0 Å². The van der Waals surface area contributed by atoms with Gasteiger partial charge in [-0.3, -0.25) is 4.79 Å². The number of amides is 1. The summed E-state index contributed by atoms with van der Waals surface area (Å²) in [6.45, 7) is 1.71. The third-order valence-corrected chi connectivity index (χ3v) is 5.74. The number of carbonyl (C=O) groups excluding carboxylic acids is 1. The van der Waals surface area contributed by atoms with Crippen LogP contribution >= 0.6 is 0 Å². The monoisotopic (exact) mass is 434 g/mol. The third-order valence-electron chi connectivity index (χ3n) is 5.74. The molecule has 0 spiro atoms. The number of nitrogens with zero attached hydrogens (tertiary/aromatic N) is 3. The first-order valence-electron chi connectivity index (χ1n) is 10.7. The van der Waals surface area contributed by atoms with Gasteiger partial charge in [-0.1, -0.05) is 24.3 Å². The second-order valence-corrected chi connectivity index (χ2v) is 7.92. The Hall–Kier alpha value is -3.68. The van der Waals surface area contributed by atoms with Crippen molar-refractivity contribution in [2.45, 2.75) is 25.0 Å². The standard InChI is InChI=1S/C24H23FN4O3/c25-17-5-3-4-16(14-17)19-8-9-23(28-27-19)29-12-10-18(11-13-29)26-24(30)22-15-31-20-6-1-2-7-21(20)32-22/h1-9,14,18,22H,10-13,15H2,(H,26,30)/t22-/m1/s1. The Kier molecular flexibility index (Phi) is 5.58. The molecule has 2 aliphatic heterocycles. The Morgan fingerprint density at radius 3 is 2.56 bits per heavy atom. The molecule has 1 atom stereocenters. The number of halogens is 1. The van der Waals surface area contributed by atoms with E-state index in [1.165, 1.54) is 12.1 Å². The molecule has 0 saturated carbocycles. The molecule has 32 heavy (non-hydrogen) atoms. The van der Waals surface area contributed by atoms with Crippen molar-refractivity contribution < 1.29 is 18.7 Å². The average Bonchev–Trinajstić information content (AvgIpc) is 2.84. The lowest BCUT2D eigenvalue weighted by atomic mass is 10.0. The van der Waals surface area contributed by atoms with Crippen LogP contribution in [0.1, 0.15) is 12.8 Å². The molecule has 2 aliphatic rings. The summed E-state index contributed by atoms with van der Waals surface area (Å²) < 4.78 is 24.9. The predicted molar refractivity (Wildman–Crippen MR) is 117 cm³/mol. The number of hydrogen-bond acceptors (Lipinski definition) is 6. The summed E-state index contributed by atoms with van der Waals surface area (Å²) in [6.07, 6.45) is 0.941. The molecule has 1 N–H and O–H groups in total. The lowest BCUT2D eigenvalue weighted by Gasteiger charge is -2.34. The second kappa shape index (κ2) is 8.82. The van der Waals surface area contributed by atoms with Crippen molar-refractivity contribution in [2.24, 2.45) is 0 Å². The highest BCUT2D eigenvalue weighted by molar-refractivity contribution is 5.82. The van der Waals surface area contributed by atoms with Crippen molar-refractivity contribution in [1.29, 1.82) is 0 Å². The Bertz CT molecular complexity index is 1100. The smallest absolute Gasteiger partial charge is 0.264 e. The number of piperidine rings is 1. The Morgan fingerprint density at radius 1 is 1.00 bits per heavy atom. The van der Waals surface area contributed by atoms with Crippen LogP contribution in [0, 0.1) is 5.82 Å². The summed E-state index contributed by atoms with van der Waals surface area (Å²) in [7, 11) is 0. The molecule has 5 rings (SSSR count). The van der Waals surface area contributed by atoms with Crippen LogP contribution < -0.4 is 19.7 Å². The second-order valence-electron chi connectivity index (χ2n) is 7.92. The normalized spacial score (nSPS) is 18.3. The molecule has 1 fully saturated rings. The number of hydrogen-bond donors (Lipinski definition) is 1. The van der Waals surface area contributed by atoms with Gasteiger partial charge in [-0.15, -0.1) is 10.2 Å². The molecule has 3 heterocycles. The van der Waals surface area contributed by atoms with Gasteiger partial charge in [-0.2, -0.15) is 0 Å². The fourth-order valence-electron chi connectivity index (χ4n) is 3.99. The molecule has 2 aromatic carbocycles. The number of rotatable bonds is 4. The number of carbonyl (C=O) groups is 1. The third kappa shape index (κ3) is 4.34. The highest BCUT2D eigenvalue weighted by Crippen LogP contribution is 2.31. The minimum atomic E-state index is -0.649. The number of anilines is 1. The van der Waals surface area contributed by atoms with Crippen LogP contribution in [0.15, 0.2) is 60.7 Å².